The highest BCUT2D eigenvalue weighted by atomic mass is 32.2. The monoisotopic (exact) mass is 383 g/mol. The molecule has 1 atom stereocenters. The molecule has 0 aliphatic carbocycles. The number of rotatable bonds is 6. The number of H-pyrrole nitrogens is 1. The molecule has 3 heterocycles. The Hall–Kier alpha value is -2.45. The van der Waals surface area contributed by atoms with Crippen molar-refractivity contribution in [2.24, 2.45) is 0 Å². The minimum absolute atomic E-state index is 0.0395. The van der Waals surface area contributed by atoms with E-state index in [-0.39, 0.29) is 5.25 Å². The molecule has 0 unspecified atom stereocenters. The number of thiophene rings is 1. The zero-order valence-electron chi connectivity index (χ0n) is 14.3. The maximum atomic E-state index is 5.78. The summed E-state index contributed by atoms with van der Waals surface area (Å²) in [6, 6.07) is 12.3. The summed E-state index contributed by atoms with van der Waals surface area (Å²) in [5.41, 5.74) is 2.32. The normalized spacial score (nSPS) is 12.4. The van der Waals surface area contributed by atoms with Crippen molar-refractivity contribution in [2.75, 3.05) is 0 Å². The first-order valence-electron chi connectivity index (χ1n) is 8.28. The van der Waals surface area contributed by atoms with Gasteiger partial charge in [0.1, 0.15) is 0 Å². The molecule has 0 saturated carbocycles. The van der Waals surface area contributed by atoms with E-state index in [0.717, 1.165) is 22.7 Å². The largest absolute Gasteiger partial charge is 0.419 e. The van der Waals surface area contributed by atoms with Crippen LogP contribution >= 0.6 is 23.1 Å². The van der Waals surface area contributed by atoms with Crippen LogP contribution in [0.5, 0.6) is 0 Å². The van der Waals surface area contributed by atoms with E-state index in [0.29, 0.717) is 16.9 Å². The highest BCUT2D eigenvalue weighted by Gasteiger charge is 2.19. The van der Waals surface area contributed by atoms with Gasteiger partial charge in [-0.3, -0.25) is 5.10 Å². The predicted octanol–water partition coefficient (Wildman–Crippen LogP) is 5.00. The second-order valence-corrected chi connectivity index (χ2v) is 7.96. The smallest absolute Gasteiger partial charge is 0.257 e. The van der Waals surface area contributed by atoms with Gasteiger partial charge < -0.3 is 4.42 Å². The minimum Gasteiger partial charge on any atom is -0.419 e. The number of benzene rings is 1. The summed E-state index contributed by atoms with van der Waals surface area (Å²) in [5, 5.41) is 18.2. The van der Waals surface area contributed by atoms with E-state index in [2.05, 4.69) is 56.6 Å². The average molecular weight is 384 g/mol. The van der Waals surface area contributed by atoms with E-state index in [1.165, 1.54) is 17.3 Å². The van der Waals surface area contributed by atoms with Crippen LogP contribution in [0, 0.1) is 0 Å². The number of aromatic nitrogens is 5. The third kappa shape index (κ3) is 3.56. The Morgan fingerprint density at radius 3 is 2.77 bits per heavy atom. The molecular formula is C18H17N5OS2. The molecule has 0 aliphatic heterocycles. The molecule has 1 N–H and O–H groups in total. The van der Waals surface area contributed by atoms with Crippen LogP contribution in [0.15, 0.2) is 51.4 Å². The Bertz CT molecular complexity index is 975. The van der Waals surface area contributed by atoms with Crippen molar-refractivity contribution in [1.29, 1.82) is 0 Å². The molecule has 8 heteroatoms. The number of nitrogens with one attached hydrogen (secondary N) is 1. The molecule has 4 rings (SSSR count). The van der Waals surface area contributed by atoms with Crippen molar-refractivity contribution in [2.45, 2.75) is 30.7 Å². The van der Waals surface area contributed by atoms with Crippen LogP contribution in [-0.2, 0) is 6.42 Å². The fourth-order valence-electron chi connectivity index (χ4n) is 2.43. The van der Waals surface area contributed by atoms with E-state index in [4.69, 9.17) is 4.42 Å². The topological polar surface area (TPSA) is 80.5 Å². The van der Waals surface area contributed by atoms with Gasteiger partial charge >= 0.3 is 0 Å². The summed E-state index contributed by atoms with van der Waals surface area (Å²) in [7, 11) is 0. The molecule has 0 bridgehead atoms. The van der Waals surface area contributed by atoms with E-state index >= 15 is 0 Å². The van der Waals surface area contributed by atoms with Gasteiger partial charge in [-0.15, -0.1) is 26.6 Å². The first-order chi connectivity index (χ1) is 12.7. The predicted molar refractivity (Wildman–Crippen MR) is 103 cm³/mol. The van der Waals surface area contributed by atoms with Crippen LogP contribution < -0.4 is 0 Å². The Kier molecular flexibility index (Phi) is 4.85. The lowest BCUT2D eigenvalue weighted by molar-refractivity contribution is 0.510. The molecule has 0 fully saturated rings. The highest BCUT2D eigenvalue weighted by molar-refractivity contribution is 7.99. The molecule has 6 nitrogen and oxygen atoms in total. The van der Waals surface area contributed by atoms with Crippen molar-refractivity contribution in [1.82, 2.24) is 25.4 Å². The molecule has 26 heavy (non-hydrogen) atoms. The average Bonchev–Trinajstić information content (AvgIpc) is 3.41. The van der Waals surface area contributed by atoms with Crippen molar-refractivity contribution in [3.63, 3.8) is 0 Å². The lowest BCUT2D eigenvalue weighted by Crippen LogP contribution is -1.89. The van der Waals surface area contributed by atoms with Crippen molar-refractivity contribution < 1.29 is 4.42 Å². The molecule has 1 aromatic carbocycles. The number of thioether (sulfide) groups is 1. The molecule has 0 radical (unpaired) electrons. The number of aryl methyl sites for hydroxylation is 1. The summed E-state index contributed by atoms with van der Waals surface area (Å²) in [5.74, 6) is 1.87. The summed E-state index contributed by atoms with van der Waals surface area (Å²) in [6.07, 6.45) is 1.02. The molecule has 132 valence electrons. The van der Waals surface area contributed by atoms with E-state index < -0.39 is 0 Å². The van der Waals surface area contributed by atoms with Gasteiger partial charge in [0.05, 0.1) is 10.1 Å². The maximum Gasteiger partial charge on any atom is 0.257 e. The van der Waals surface area contributed by atoms with Crippen LogP contribution in [0.25, 0.3) is 22.2 Å². The third-order valence-corrected chi connectivity index (χ3v) is 5.71. The summed E-state index contributed by atoms with van der Waals surface area (Å²) in [6.45, 7) is 4.14. The lowest BCUT2D eigenvalue weighted by Gasteiger charge is -2.02. The third-order valence-electron chi connectivity index (χ3n) is 3.90. The van der Waals surface area contributed by atoms with Crippen LogP contribution in [0.1, 0.15) is 30.6 Å². The minimum atomic E-state index is -0.0395. The Balaban J connectivity index is 1.46. The van der Waals surface area contributed by atoms with E-state index in [9.17, 15) is 0 Å². The molecular weight excluding hydrogens is 366 g/mol. The summed E-state index contributed by atoms with van der Waals surface area (Å²) < 4.78 is 5.78. The number of hydrogen-bond acceptors (Lipinski definition) is 7. The summed E-state index contributed by atoms with van der Waals surface area (Å²) in [4.78, 5) is 5.54. The second kappa shape index (κ2) is 7.43. The van der Waals surface area contributed by atoms with Gasteiger partial charge in [0.15, 0.2) is 5.82 Å². The van der Waals surface area contributed by atoms with Crippen LogP contribution in [-0.4, -0.2) is 25.4 Å². The van der Waals surface area contributed by atoms with Crippen molar-refractivity contribution in [3.05, 3.63) is 53.2 Å². The Morgan fingerprint density at radius 1 is 1.19 bits per heavy atom. The first-order valence-corrected chi connectivity index (χ1v) is 10.0. The first kappa shape index (κ1) is 17.0. The van der Waals surface area contributed by atoms with Crippen LogP contribution in [0.4, 0.5) is 0 Å². The molecule has 0 saturated heterocycles. The zero-order chi connectivity index (χ0) is 17.9. The van der Waals surface area contributed by atoms with Gasteiger partial charge in [0.25, 0.3) is 5.89 Å². The van der Waals surface area contributed by atoms with Crippen molar-refractivity contribution in [3.8, 4) is 22.2 Å². The molecule has 0 spiro atoms. The maximum absolute atomic E-state index is 5.78. The summed E-state index contributed by atoms with van der Waals surface area (Å²) >= 11 is 3.06. The number of nitrogens with zero attached hydrogens (tertiary/aromatic N) is 4. The van der Waals surface area contributed by atoms with Gasteiger partial charge in [-0.2, -0.15) is 0 Å². The van der Waals surface area contributed by atoms with E-state index in [1.54, 1.807) is 11.3 Å². The fraction of sp³-hybridized carbons (Fsp3) is 0.222. The van der Waals surface area contributed by atoms with E-state index in [1.807, 2.05) is 24.4 Å². The van der Waals surface area contributed by atoms with Gasteiger partial charge in [-0.25, -0.2) is 4.98 Å². The van der Waals surface area contributed by atoms with Gasteiger partial charge in [0, 0.05) is 5.56 Å². The molecule has 3 aromatic heterocycles. The van der Waals surface area contributed by atoms with Gasteiger partial charge in [0.2, 0.25) is 11.0 Å². The molecule has 4 aromatic rings. The standard InChI is InChI=1S/C18H17N5OS2/c1-3-12-6-8-13(9-7-12)15-19-18(23-20-15)26-11(2)16-21-22-17(24-16)14-5-4-10-25-14/h4-11H,3H2,1-2H3,(H,19,20,23)/t11-/m1/s1. The Labute approximate surface area is 159 Å². The fourth-order valence-corrected chi connectivity index (χ4v) is 3.83. The van der Waals surface area contributed by atoms with Crippen LogP contribution in [0.2, 0.25) is 0 Å². The number of aromatic amines is 1. The number of hydrogen-bond donors (Lipinski definition) is 1. The highest BCUT2D eigenvalue weighted by Crippen LogP contribution is 2.34. The van der Waals surface area contributed by atoms with Crippen LogP contribution in [0.3, 0.4) is 0 Å². The molecule has 0 aliphatic rings. The second-order valence-electron chi connectivity index (χ2n) is 5.70. The van der Waals surface area contributed by atoms with Gasteiger partial charge in [-0.05, 0) is 30.4 Å². The SMILES string of the molecule is CCc1ccc(-c2nc(S[C@H](C)c3nnc(-c4cccs4)o3)n[nH]2)cc1. The Morgan fingerprint density at radius 2 is 2.04 bits per heavy atom. The van der Waals surface area contributed by atoms with Gasteiger partial charge in [-0.1, -0.05) is 49.0 Å². The quantitative estimate of drug-likeness (QED) is 0.472. The lowest BCUT2D eigenvalue weighted by atomic mass is 10.1. The molecule has 0 amide bonds. The zero-order valence-corrected chi connectivity index (χ0v) is 16.0. The van der Waals surface area contributed by atoms with Crippen molar-refractivity contribution >= 4 is 23.1 Å².